The van der Waals surface area contributed by atoms with Gasteiger partial charge in [0.2, 0.25) is 0 Å². The maximum atomic E-state index is 13.0. The van der Waals surface area contributed by atoms with Crippen LogP contribution < -0.4 is 11.1 Å². The summed E-state index contributed by atoms with van der Waals surface area (Å²) < 4.78 is 25.8. The second-order valence-corrected chi connectivity index (χ2v) is 3.97. The molecule has 3 nitrogen and oxygen atoms in total. The Balaban J connectivity index is 2.25. The van der Waals surface area contributed by atoms with E-state index in [-0.39, 0.29) is 4.99 Å². The molecule has 1 aromatic heterocycles. The number of hydrogen-bond donors (Lipinski definition) is 2. The first kappa shape index (κ1) is 12.4. The van der Waals surface area contributed by atoms with Crippen LogP contribution in [0.15, 0.2) is 36.4 Å². The molecule has 2 rings (SSSR count). The van der Waals surface area contributed by atoms with Crippen molar-refractivity contribution in [3.05, 3.63) is 53.7 Å². The third-order valence-corrected chi connectivity index (χ3v) is 2.40. The zero-order valence-corrected chi connectivity index (χ0v) is 9.97. The van der Waals surface area contributed by atoms with Crippen LogP contribution >= 0.6 is 12.2 Å². The molecule has 0 aliphatic heterocycles. The Bertz CT molecular complexity index is 602. The van der Waals surface area contributed by atoms with E-state index in [1.54, 1.807) is 18.2 Å². The van der Waals surface area contributed by atoms with Gasteiger partial charge in [0.1, 0.15) is 10.8 Å². The number of nitrogens with one attached hydrogen (secondary N) is 1. The summed E-state index contributed by atoms with van der Waals surface area (Å²) in [6, 6.07) is 8.54. The number of nitrogens with two attached hydrogens (primary N) is 1. The van der Waals surface area contributed by atoms with E-state index in [1.165, 1.54) is 6.07 Å². The number of pyridine rings is 1. The molecule has 0 aliphatic rings. The highest BCUT2D eigenvalue weighted by Crippen LogP contribution is 2.17. The van der Waals surface area contributed by atoms with Crippen LogP contribution in [0.25, 0.3) is 0 Å². The van der Waals surface area contributed by atoms with E-state index in [0.29, 0.717) is 17.2 Å². The fourth-order valence-electron chi connectivity index (χ4n) is 1.36. The summed E-state index contributed by atoms with van der Waals surface area (Å²) in [5.41, 5.74) is 6.30. The quantitative estimate of drug-likeness (QED) is 0.838. The molecule has 6 heteroatoms. The molecule has 0 amide bonds. The van der Waals surface area contributed by atoms with Gasteiger partial charge in [0.05, 0.1) is 5.69 Å². The zero-order chi connectivity index (χ0) is 13.1. The van der Waals surface area contributed by atoms with Crippen molar-refractivity contribution in [3.8, 4) is 0 Å². The van der Waals surface area contributed by atoms with E-state index >= 15 is 0 Å². The maximum absolute atomic E-state index is 13.0. The molecule has 0 radical (unpaired) electrons. The van der Waals surface area contributed by atoms with Gasteiger partial charge in [-0.15, -0.1) is 0 Å². The third kappa shape index (κ3) is 2.78. The van der Waals surface area contributed by atoms with E-state index < -0.39 is 11.6 Å². The van der Waals surface area contributed by atoms with Crippen molar-refractivity contribution in [2.75, 3.05) is 5.32 Å². The summed E-state index contributed by atoms with van der Waals surface area (Å²) in [7, 11) is 0. The topological polar surface area (TPSA) is 50.9 Å². The lowest BCUT2D eigenvalue weighted by atomic mass is 10.3. The summed E-state index contributed by atoms with van der Waals surface area (Å²) in [6.45, 7) is 0. The lowest BCUT2D eigenvalue weighted by Gasteiger charge is -2.07. The molecule has 0 unspecified atom stereocenters. The smallest absolute Gasteiger partial charge is 0.160 e. The summed E-state index contributed by atoms with van der Waals surface area (Å²) >= 11 is 4.80. The normalized spacial score (nSPS) is 10.1. The minimum absolute atomic E-state index is 0.170. The first-order chi connectivity index (χ1) is 8.56. The molecule has 0 atom stereocenters. The zero-order valence-electron chi connectivity index (χ0n) is 9.15. The second kappa shape index (κ2) is 5.05. The molecule has 0 aliphatic carbocycles. The average Bonchev–Trinajstić information content (AvgIpc) is 2.34. The molecule has 1 aromatic carbocycles. The van der Waals surface area contributed by atoms with E-state index in [4.69, 9.17) is 18.0 Å². The van der Waals surface area contributed by atoms with E-state index in [9.17, 15) is 8.78 Å². The van der Waals surface area contributed by atoms with Crippen LogP contribution in [0.4, 0.5) is 20.3 Å². The Morgan fingerprint density at radius 3 is 2.61 bits per heavy atom. The van der Waals surface area contributed by atoms with Crippen molar-refractivity contribution >= 4 is 28.7 Å². The highest BCUT2D eigenvalue weighted by molar-refractivity contribution is 7.80. The second-order valence-electron chi connectivity index (χ2n) is 3.53. The molecule has 0 spiro atoms. The van der Waals surface area contributed by atoms with Crippen molar-refractivity contribution in [1.82, 2.24) is 4.98 Å². The SMILES string of the molecule is NC(=S)c1cccc(Nc2ccc(F)c(F)c2)n1. The number of thiocarbonyl (C=S) groups is 1. The average molecular weight is 265 g/mol. The van der Waals surface area contributed by atoms with E-state index in [2.05, 4.69) is 10.3 Å². The van der Waals surface area contributed by atoms with Gasteiger partial charge in [-0.05, 0) is 24.3 Å². The number of anilines is 2. The molecule has 0 saturated carbocycles. The Labute approximate surface area is 108 Å². The molecule has 2 aromatic rings. The van der Waals surface area contributed by atoms with Crippen molar-refractivity contribution in [3.63, 3.8) is 0 Å². The van der Waals surface area contributed by atoms with Gasteiger partial charge in [0.15, 0.2) is 11.6 Å². The van der Waals surface area contributed by atoms with E-state index in [1.807, 2.05) is 0 Å². The monoisotopic (exact) mass is 265 g/mol. The molecular weight excluding hydrogens is 256 g/mol. The molecule has 0 saturated heterocycles. The van der Waals surface area contributed by atoms with E-state index in [0.717, 1.165) is 12.1 Å². The minimum Gasteiger partial charge on any atom is -0.388 e. The first-order valence-electron chi connectivity index (χ1n) is 5.05. The Kier molecular flexibility index (Phi) is 3.47. The maximum Gasteiger partial charge on any atom is 0.160 e. The Hall–Kier alpha value is -2.08. The predicted molar refractivity (Wildman–Crippen MR) is 69.8 cm³/mol. The van der Waals surface area contributed by atoms with Gasteiger partial charge >= 0.3 is 0 Å². The summed E-state index contributed by atoms with van der Waals surface area (Å²) in [5.74, 6) is -1.37. The first-order valence-corrected chi connectivity index (χ1v) is 5.46. The van der Waals surface area contributed by atoms with Crippen molar-refractivity contribution in [2.24, 2.45) is 5.73 Å². The largest absolute Gasteiger partial charge is 0.388 e. The number of benzene rings is 1. The molecule has 92 valence electrons. The summed E-state index contributed by atoms with van der Waals surface area (Å²) in [4.78, 5) is 4.30. The van der Waals surface area contributed by atoms with Crippen LogP contribution in [-0.2, 0) is 0 Å². The predicted octanol–water partition coefficient (Wildman–Crippen LogP) is 2.74. The number of nitrogens with zero attached hydrogens (tertiary/aromatic N) is 1. The summed E-state index contributed by atoms with van der Waals surface area (Å²) in [6.07, 6.45) is 0. The van der Waals surface area contributed by atoms with Crippen LogP contribution in [0.2, 0.25) is 0 Å². The third-order valence-electron chi connectivity index (χ3n) is 2.19. The molecule has 1 heterocycles. The van der Waals surface area contributed by atoms with Crippen LogP contribution in [0.1, 0.15) is 5.69 Å². The highest BCUT2D eigenvalue weighted by Gasteiger charge is 2.04. The Morgan fingerprint density at radius 2 is 1.94 bits per heavy atom. The molecule has 3 N–H and O–H groups in total. The number of aromatic nitrogens is 1. The van der Waals surface area contributed by atoms with Gasteiger partial charge in [-0.3, -0.25) is 0 Å². The fourth-order valence-corrected chi connectivity index (χ4v) is 1.48. The van der Waals surface area contributed by atoms with Gasteiger partial charge in [-0.1, -0.05) is 18.3 Å². The van der Waals surface area contributed by atoms with Gasteiger partial charge in [-0.25, -0.2) is 13.8 Å². The van der Waals surface area contributed by atoms with Gasteiger partial charge in [-0.2, -0.15) is 0 Å². The van der Waals surface area contributed by atoms with Crippen molar-refractivity contribution in [2.45, 2.75) is 0 Å². The Morgan fingerprint density at radius 1 is 1.17 bits per heavy atom. The van der Waals surface area contributed by atoms with Crippen molar-refractivity contribution < 1.29 is 8.78 Å². The number of rotatable bonds is 3. The number of halogens is 2. The highest BCUT2D eigenvalue weighted by atomic mass is 32.1. The summed E-state index contributed by atoms with van der Waals surface area (Å²) in [5, 5.41) is 2.83. The molecule has 18 heavy (non-hydrogen) atoms. The minimum atomic E-state index is -0.925. The fraction of sp³-hybridized carbons (Fsp3) is 0. The van der Waals surface area contributed by atoms with Crippen LogP contribution in [-0.4, -0.2) is 9.97 Å². The molecular formula is C12H9F2N3S. The van der Waals surface area contributed by atoms with Crippen LogP contribution in [0, 0.1) is 11.6 Å². The lowest BCUT2D eigenvalue weighted by molar-refractivity contribution is 0.509. The molecule has 0 fully saturated rings. The van der Waals surface area contributed by atoms with Crippen LogP contribution in [0.3, 0.4) is 0 Å². The standard InChI is InChI=1S/C12H9F2N3S/c13-8-5-4-7(6-9(8)14)16-11-3-1-2-10(17-11)12(15)18/h1-6H,(H2,15,18)(H,16,17). The van der Waals surface area contributed by atoms with Crippen LogP contribution in [0.5, 0.6) is 0 Å². The lowest BCUT2D eigenvalue weighted by Crippen LogP contribution is -2.12. The van der Waals surface area contributed by atoms with Gasteiger partial charge in [0.25, 0.3) is 0 Å². The molecule has 0 bridgehead atoms. The van der Waals surface area contributed by atoms with Gasteiger partial charge in [0, 0.05) is 11.8 Å². The van der Waals surface area contributed by atoms with Gasteiger partial charge < -0.3 is 11.1 Å². The van der Waals surface area contributed by atoms with Crippen molar-refractivity contribution in [1.29, 1.82) is 0 Å². The number of hydrogen-bond acceptors (Lipinski definition) is 3.